The van der Waals surface area contributed by atoms with Crippen molar-refractivity contribution in [1.29, 1.82) is 0 Å². The van der Waals surface area contributed by atoms with Crippen LogP contribution in [0.5, 0.6) is 0 Å². The van der Waals surface area contributed by atoms with Crippen molar-refractivity contribution in [3.8, 4) is 0 Å². The minimum Gasteiger partial charge on any atom is -0.446 e. The molecule has 0 radical (unpaired) electrons. The molecular formula is C21H32N2O7. The van der Waals surface area contributed by atoms with Crippen LogP contribution in [0.25, 0.3) is 0 Å². The van der Waals surface area contributed by atoms with E-state index >= 15 is 0 Å². The maximum absolute atomic E-state index is 11.8. The smallest absolute Gasteiger partial charge is 0.407 e. The van der Waals surface area contributed by atoms with Crippen molar-refractivity contribution in [1.82, 2.24) is 10.2 Å². The average Bonchev–Trinajstić information content (AvgIpc) is 3.02. The summed E-state index contributed by atoms with van der Waals surface area (Å²) in [5.74, 6) is -0.617. The van der Waals surface area contributed by atoms with Crippen molar-refractivity contribution in [2.45, 2.75) is 38.2 Å². The van der Waals surface area contributed by atoms with Crippen LogP contribution >= 0.6 is 0 Å². The zero-order valence-corrected chi connectivity index (χ0v) is 17.4. The Morgan fingerprint density at radius 2 is 1.53 bits per heavy atom. The fourth-order valence-corrected chi connectivity index (χ4v) is 3.01. The Labute approximate surface area is 177 Å². The summed E-state index contributed by atoms with van der Waals surface area (Å²) in [6.45, 7) is 2.87. The van der Waals surface area contributed by atoms with Gasteiger partial charge < -0.3 is 24.3 Å². The molecule has 0 saturated carbocycles. The van der Waals surface area contributed by atoms with Crippen LogP contribution in [0.4, 0.5) is 4.79 Å². The van der Waals surface area contributed by atoms with E-state index in [4.69, 9.17) is 18.9 Å². The summed E-state index contributed by atoms with van der Waals surface area (Å²) in [4.78, 5) is 35.6. The third kappa shape index (κ3) is 10.00. The van der Waals surface area contributed by atoms with Gasteiger partial charge >= 0.3 is 6.09 Å². The first kappa shape index (κ1) is 24.0. The molecule has 0 aromatic heterocycles. The molecule has 168 valence electrons. The highest BCUT2D eigenvalue weighted by Crippen LogP contribution is 2.15. The molecule has 1 N–H and O–H groups in total. The van der Waals surface area contributed by atoms with E-state index in [0.717, 1.165) is 37.0 Å². The number of rotatable bonds is 13. The first-order chi connectivity index (χ1) is 14.7. The van der Waals surface area contributed by atoms with Gasteiger partial charge in [0.1, 0.15) is 6.10 Å². The molecule has 1 heterocycles. The topological polar surface area (TPSA) is 103 Å². The molecule has 0 spiro atoms. The van der Waals surface area contributed by atoms with Gasteiger partial charge in [-0.05, 0) is 32.1 Å². The van der Waals surface area contributed by atoms with Gasteiger partial charge in [0.05, 0.1) is 46.2 Å². The Morgan fingerprint density at radius 3 is 2.27 bits per heavy atom. The van der Waals surface area contributed by atoms with Crippen LogP contribution in [0.2, 0.25) is 0 Å². The van der Waals surface area contributed by atoms with E-state index < -0.39 is 6.09 Å². The normalized spacial score (nSPS) is 20.1. The van der Waals surface area contributed by atoms with E-state index in [-0.39, 0.29) is 31.1 Å². The molecule has 3 amide bonds. The molecule has 0 aromatic rings. The standard InChI is InChI=1S/C21H32N2O7/c24-19-8-9-20(25)23(19)11-13-28-15-17-29-16-14-27-12-10-22-21(26)30-18-6-4-2-1-3-5-7-18/h1-2,8-9,18H,3-7,10-17H2,(H,22,26)/b2-1-. The first-order valence-electron chi connectivity index (χ1n) is 10.5. The summed E-state index contributed by atoms with van der Waals surface area (Å²) < 4.78 is 21.5. The third-order valence-electron chi connectivity index (χ3n) is 4.61. The fourth-order valence-electron chi connectivity index (χ4n) is 3.01. The maximum atomic E-state index is 11.8. The molecule has 30 heavy (non-hydrogen) atoms. The van der Waals surface area contributed by atoms with Crippen LogP contribution in [-0.2, 0) is 28.5 Å². The molecule has 1 atom stereocenters. The highest BCUT2D eigenvalue weighted by Gasteiger charge is 2.22. The molecular weight excluding hydrogens is 392 g/mol. The summed E-state index contributed by atoms with van der Waals surface area (Å²) in [6.07, 6.45) is 11.2. The van der Waals surface area contributed by atoms with Gasteiger partial charge in [-0.2, -0.15) is 0 Å². The maximum Gasteiger partial charge on any atom is 0.407 e. The number of hydrogen-bond acceptors (Lipinski definition) is 7. The number of nitrogens with one attached hydrogen (secondary N) is 1. The molecule has 1 aliphatic carbocycles. The number of imide groups is 1. The van der Waals surface area contributed by atoms with E-state index in [1.54, 1.807) is 0 Å². The van der Waals surface area contributed by atoms with Crippen molar-refractivity contribution in [2.24, 2.45) is 0 Å². The highest BCUT2D eigenvalue weighted by molar-refractivity contribution is 6.12. The monoisotopic (exact) mass is 424 g/mol. The Balaban J connectivity index is 1.34. The minimum absolute atomic E-state index is 0.0144. The molecule has 2 rings (SSSR count). The number of allylic oxidation sites excluding steroid dienone is 2. The highest BCUT2D eigenvalue weighted by atomic mass is 16.6. The number of alkyl carbamates (subject to hydrolysis) is 1. The van der Waals surface area contributed by atoms with Crippen LogP contribution in [0, 0.1) is 0 Å². The van der Waals surface area contributed by atoms with Crippen LogP contribution in [-0.4, -0.2) is 81.6 Å². The van der Waals surface area contributed by atoms with Gasteiger partial charge in [0, 0.05) is 18.7 Å². The number of ether oxygens (including phenoxy) is 4. The van der Waals surface area contributed by atoms with Gasteiger partial charge in [-0.15, -0.1) is 0 Å². The summed E-state index contributed by atoms with van der Waals surface area (Å²) in [6, 6.07) is 0. The van der Waals surface area contributed by atoms with Crippen LogP contribution in [0.1, 0.15) is 32.1 Å². The molecule has 0 fully saturated rings. The number of carbonyl (C=O) groups is 3. The molecule has 9 nitrogen and oxygen atoms in total. The molecule has 0 bridgehead atoms. The summed E-state index contributed by atoms with van der Waals surface area (Å²) in [7, 11) is 0. The van der Waals surface area contributed by atoms with Crippen molar-refractivity contribution in [3.63, 3.8) is 0 Å². The zero-order valence-electron chi connectivity index (χ0n) is 17.4. The lowest BCUT2D eigenvalue weighted by Gasteiger charge is -2.18. The molecule has 1 aliphatic heterocycles. The summed E-state index contributed by atoms with van der Waals surface area (Å²) in [5, 5.41) is 2.70. The van der Waals surface area contributed by atoms with E-state index in [2.05, 4.69) is 17.5 Å². The Hall–Kier alpha value is -2.23. The van der Waals surface area contributed by atoms with Crippen LogP contribution < -0.4 is 5.32 Å². The second kappa shape index (κ2) is 14.7. The van der Waals surface area contributed by atoms with E-state index in [0.29, 0.717) is 39.6 Å². The summed E-state index contributed by atoms with van der Waals surface area (Å²) >= 11 is 0. The zero-order chi connectivity index (χ0) is 21.4. The Morgan fingerprint density at radius 1 is 0.900 bits per heavy atom. The SMILES string of the molecule is O=C(NCCOCCOCCOCCN1C(=O)C=CC1=O)OC1CC/C=C\CCC1. The lowest BCUT2D eigenvalue weighted by molar-refractivity contribution is -0.137. The average molecular weight is 424 g/mol. The lowest BCUT2D eigenvalue weighted by atomic mass is 10.0. The predicted octanol–water partition coefficient (Wildman–Crippen LogP) is 1.58. The van der Waals surface area contributed by atoms with Gasteiger partial charge in [0.15, 0.2) is 0 Å². The van der Waals surface area contributed by atoms with Crippen LogP contribution in [0.3, 0.4) is 0 Å². The number of carbonyl (C=O) groups excluding carboxylic acids is 3. The van der Waals surface area contributed by atoms with Gasteiger partial charge in [-0.1, -0.05) is 12.2 Å². The second-order valence-corrected chi connectivity index (χ2v) is 6.93. The Bertz CT molecular complexity index is 588. The largest absolute Gasteiger partial charge is 0.446 e. The Kier molecular flexibility index (Phi) is 11.8. The lowest BCUT2D eigenvalue weighted by Crippen LogP contribution is -2.33. The van der Waals surface area contributed by atoms with Gasteiger partial charge in [0.25, 0.3) is 11.8 Å². The van der Waals surface area contributed by atoms with Crippen LogP contribution in [0.15, 0.2) is 24.3 Å². The predicted molar refractivity (Wildman–Crippen MR) is 109 cm³/mol. The molecule has 9 heteroatoms. The van der Waals surface area contributed by atoms with Crippen molar-refractivity contribution in [3.05, 3.63) is 24.3 Å². The summed E-state index contributed by atoms with van der Waals surface area (Å²) in [5.41, 5.74) is 0. The first-order valence-corrected chi connectivity index (χ1v) is 10.5. The molecule has 0 aromatic carbocycles. The number of amides is 3. The number of nitrogens with zero attached hydrogens (tertiary/aromatic N) is 1. The van der Waals surface area contributed by atoms with Crippen molar-refractivity contribution in [2.75, 3.05) is 52.7 Å². The number of hydrogen-bond donors (Lipinski definition) is 1. The molecule has 2 aliphatic rings. The quantitative estimate of drug-likeness (QED) is 0.272. The van der Waals surface area contributed by atoms with E-state index in [9.17, 15) is 14.4 Å². The van der Waals surface area contributed by atoms with Crippen molar-refractivity contribution >= 4 is 17.9 Å². The molecule has 1 unspecified atom stereocenters. The van der Waals surface area contributed by atoms with E-state index in [1.165, 1.54) is 12.2 Å². The van der Waals surface area contributed by atoms with Gasteiger partial charge in [-0.25, -0.2) is 4.79 Å². The fraction of sp³-hybridized carbons (Fsp3) is 0.667. The second-order valence-electron chi connectivity index (χ2n) is 6.93. The third-order valence-corrected chi connectivity index (χ3v) is 4.61. The van der Waals surface area contributed by atoms with E-state index in [1.807, 2.05) is 0 Å². The molecule has 0 saturated heterocycles. The van der Waals surface area contributed by atoms with Gasteiger partial charge in [0.2, 0.25) is 0 Å². The van der Waals surface area contributed by atoms with Crippen molar-refractivity contribution < 1.29 is 33.3 Å². The van der Waals surface area contributed by atoms with Gasteiger partial charge in [-0.3, -0.25) is 14.5 Å². The minimum atomic E-state index is -0.394.